The molecule has 2 rings (SSSR count). The van der Waals surface area contributed by atoms with E-state index >= 15 is 0 Å². The van der Waals surface area contributed by atoms with Crippen LogP contribution in [-0.4, -0.2) is 44.1 Å². The minimum Gasteiger partial charge on any atom is -0.490 e. The van der Waals surface area contributed by atoms with Gasteiger partial charge in [0.1, 0.15) is 18.2 Å². The highest BCUT2D eigenvalue weighted by Gasteiger charge is 2.15. The number of hydrogen-bond acceptors (Lipinski definition) is 6. The largest absolute Gasteiger partial charge is 0.490 e. The van der Waals surface area contributed by atoms with Crippen molar-refractivity contribution in [2.75, 3.05) is 31.7 Å². The molecule has 0 atom stereocenters. The van der Waals surface area contributed by atoms with Gasteiger partial charge < -0.3 is 24.8 Å². The second-order valence-electron chi connectivity index (χ2n) is 6.04. The first-order valence-electron chi connectivity index (χ1n) is 9.42. The summed E-state index contributed by atoms with van der Waals surface area (Å²) in [6.45, 7) is 3.17. The van der Waals surface area contributed by atoms with E-state index in [2.05, 4.69) is 10.6 Å². The third kappa shape index (κ3) is 7.25. The number of carbonyl (C=O) groups is 3. The number of rotatable bonds is 10. The average Bonchev–Trinajstić information content (AvgIpc) is 2.74. The third-order valence-corrected chi connectivity index (χ3v) is 3.77. The highest BCUT2D eigenvalue weighted by Crippen LogP contribution is 2.28. The van der Waals surface area contributed by atoms with Gasteiger partial charge in [0.15, 0.2) is 18.1 Å². The normalized spacial score (nSPS) is 10.2. The maximum atomic E-state index is 13.5. The van der Waals surface area contributed by atoms with Gasteiger partial charge in [0.25, 0.3) is 11.8 Å². The average molecular weight is 436 g/mol. The number of carbonyl (C=O) groups excluding carboxylic acids is 3. The van der Waals surface area contributed by atoms with Crippen LogP contribution in [0.4, 0.5) is 14.5 Å². The second kappa shape index (κ2) is 11.5. The highest BCUT2D eigenvalue weighted by atomic mass is 19.1. The van der Waals surface area contributed by atoms with Gasteiger partial charge in [0, 0.05) is 11.6 Å². The van der Waals surface area contributed by atoms with Crippen molar-refractivity contribution in [1.82, 2.24) is 5.32 Å². The van der Waals surface area contributed by atoms with Crippen LogP contribution < -0.4 is 20.1 Å². The molecule has 0 spiro atoms. The number of esters is 1. The Balaban J connectivity index is 1.84. The van der Waals surface area contributed by atoms with Gasteiger partial charge in [-0.2, -0.15) is 0 Å². The summed E-state index contributed by atoms with van der Waals surface area (Å²) in [5, 5.41) is 4.44. The Kier molecular flexibility index (Phi) is 8.74. The van der Waals surface area contributed by atoms with Crippen molar-refractivity contribution in [2.45, 2.75) is 13.8 Å². The standard InChI is InChI=1S/C21H22F2N2O6/c1-3-29-17-8-5-13(9-18(17)30-4-2)21(28)24-11-20(27)31-12-19(26)25-16-10-14(22)6-7-15(16)23/h5-10H,3-4,11-12H2,1-2H3,(H,24,28)(H,25,26). The lowest BCUT2D eigenvalue weighted by Crippen LogP contribution is -2.32. The molecule has 2 N–H and O–H groups in total. The number of nitrogens with one attached hydrogen (secondary N) is 2. The van der Waals surface area contributed by atoms with E-state index < -0.39 is 42.6 Å². The Labute approximate surface area is 177 Å². The number of halogens is 2. The van der Waals surface area contributed by atoms with E-state index in [1.54, 1.807) is 13.0 Å². The molecule has 2 amide bonds. The van der Waals surface area contributed by atoms with Gasteiger partial charge in [-0.3, -0.25) is 14.4 Å². The number of amides is 2. The van der Waals surface area contributed by atoms with Crippen LogP contribution in [0.1, 0.15) is 24.2 Å². The number of ether oxygens (including phenoxy) is 3. The highest BCUT2D eigenvalue weighted by molar-refractivity contribution is 5.97. The Morgan fingerprint density at radius 3 is 2.35 bits per heavy atom. The van der Waals surface area contributed by atoms with E-state index in [-0.39, 0.29) is 11.3 Å². The maximum absolute atomic E-state index is 13.5. The topological polar surface area (TPSA) is 103 Å². The fourth-order valence-corrected chi connectivity index (χ4v) is 2.42. The molecular formula is C21H22F2N2O6. The van der Waals surface area contributed by atoms with Gasteiger partial charge in [-0.05, 0) is 44.2 Å². The predicted molar refractivity (Wildman–Crippen MR) is 107 cm³/mol. The van der Waals surface area contributed by atoms with Crippen LogP contribution in [0, 0.1) is 11.6 Å². The van der Waals surface area contributed by atoms with Gasteiger partial charge in [0.2, 0.25) is 0 Å². The number of anilines is 1. The molecule has 31 heavy (non-hydrogen) atoms. The van der Waals surface area contributed by atoms with Gasteiger partial charge in [0.05, 0.1) is 18.9 Å². The van der Waals surface area contributed by atoms with Crippen molar-refractivity contribution in [3.63, 3.8) is 0 Å². The van der Waals surface area contributed by atoms with Gasteiger partial charge in [-0.25, -0.2) is 8.78 Å². The second-order valence-corrected chi connectivity index (χ2v) is 6.04. The van der Waals surface area contributed by atoms with E-state index in [0.717, 1.165) is 18.2 Å². The SMILES string of the molecule is CCOc1ccc(C(=O)NCC(=O)OCC(=O)Nc2cc(F)ccc2F)cc1OCC. The molecule has 0 unspecified atom stereocenters. The quantitative estimate of drug-likeness (QED) is 0.555. The molecule has 2 aromatic rings. The van der Waals surface area contributed by atoms with Crippen LogP contribution in [0.15, 0.2) is 36.4 Å². The molecule has 0 saturated carbocycles. The fourth-order valence-electron chi connectivity index (χ4n) is 2.42. The van der Waals surface area contributed by atoms with Crippen molar-refractivity contribution in [2.24, 2.45) is 0 Å². The summed E-state index contributed by atoms with van der Waals surface area (Å²) in [7, 11) is 0. The lowest BCUT2D eigenvalue weighted by Gasteiger charge is -2.12. The first kappa shape index (κ1) is 23.6. The fraction of sp³-hybridized carbons (Fsp3) is 0.286. The summed E-state index contributed by atoms with van der Waals surface area (Å²) in [5.74, 6) is -3.02. The summed E-state index contributed by atoms with van der Waals surface area (Å²) >= 11 is 0. The van der Waals surface area contributed by atoms with Crippen LogP contribution in [0.2, 0.25) is 0 Å². The van der Waals surface area contributed by atoms with Crippen molar-refractivity contribution < 1.29 is 37.4 Å². The predicted octanol–water partition coefficient (Wildman–Crippen LogP) is 2.67. The minimum atomic E-state index is -0.890. The smallest absolute Gasteiger partial charge is 0.325 e. The van der Waals surface area contributed by atoms with Crippen LogP contribution in [0.5, 0.6) is 11.5 Å². The molecule has 10 heteroatoms. The van der Waals surface area contributed by atoms with Crippen molar-refractivity contribution in [3.8, 4) is 11.5 Å². The summed E-state index contributed by atoms with van der Waals surface area (Å²) in [5.41, 5.74) is -0.144. The summed E-state index contributed by atoms with van der Waals surface area (Å²) in [4.78, 5) is 35.8. The van der Waals surface area contributed by atoms with Crippen molar-refractivity contribution in [1.29, 1.82) is 0 Å². The number of benzene rings is 2. The lowest BCUT2D eigenvalue weighted by molar-refractivity contribution is -0.146. The zero-order valence-corrected chi connectivity index (χ0v) is 17.0. The van der Waals surface area contributed by atoms with Crippen LogP contribution >= 0.6 is 0 Å². The molecule has 0 bridgehead atoms. The van der Waals surface area contributed by atoms with Crippen molar-refractivity contribution in [3.05, 3.63) is 53.6 Å². The molecule has 2 aromatic carbocycles. The molecule has 0 aliphatic heterocycles. The molecule has 0 fully saturated rings. The van der Waals surface area contributed by atoms with Crippen LogP contribution in [-0.2, 0) is 14.3 Å². The Morgan fingerprint density at radius 1 is 0.935 bits per heavy atom. The molecule has 0 heterocycles. The van der Waals surface area contributed by atoms with E-state index in [4.69, 9.17) is 14.2 Å². The zero-order valence-electron chi connectivity index (χ0n) is 17.0. The molecule has 0 saturated heterocycles. The molecule has 0 radical (unpaired) electrons. The third-order valence-electron chi connectivity index (χ3n) is 3.77. The van der Waals surface area contributed by atoms with E-state index in [9.17, 15) is 23.2 Å². The first-order valence-corrected chi connectivity index (χ1v) is 9.42. The van der Waals surface area contributed by atoms with Gasteiger partial charge in [-0.15, -0.1) is 0 Å². The summed E-state index contributed by atoms with van der Waals surface area (Å²) in [6.07, 6.45) is 0. The van der Waals surface area contributed by atoms with Gasteiger partial charge in [-0.1, -0.05) is 0 Å². The maximum Gasteiger partial charge on any atom is 0.325 e. The van der Waals surface area contributed by atoms with Crippen LogP contribution in [0.25, 0.3) is 0 Å². The first-order chi connectivity index (χ1) is 14.8. The summed E-state index contributed by atoms with van der Waals surface area (Å²) in [6, 6.07) is 7.12. The van der Waals surface area contributed by atoms with E-state index in [1.165, 1.54) is 12.1 Å². The molecular weight excluding hydrogens is 414 g/mol. The molecule has 8 nitrogen and oxygen atoms in total. The molecule has 166 valence electrons. The number of hydrogen-bond donors (Lipinski definition) is 2. The minimum absolute atomic E-state index is 0.235. The van der Waals surface area contributed by atoms with E-state index in [1.807, 2.05) is 6.92 Å². The molecule has 0 aromatic heterocycles. The lowest BCUT2D eigenvalue weighted by atomic mass is 10.2. The molecule has 0 aliphatic rings. The zero-order chi connectivity index (χ0) is 22.8. The van der Waals surface area contributed by atoms with Crippen molar-refractivity contribution >= 4 is 23.5 Å². The van der Waals surface area contributed by atoms with E-state index in [0.29, 0.717) is 24.7 Å². The molecule has 0 aliphatic carbocycles. The summed E-state index contributed by atoms with van der Waals surface area (Å²) < 4.78 is 42.2. The Morgan fingerprint density at radius 2 is 1.65 bits per heavy atom. The van der Waals surface area contributed by atoms with Gasteiger partial charge >= 0.3 is 5.97 Å². The monoisotopic (exact) mass is 436 g/mol. The Hall–Kier alpha value is -3.69. The Bertz CT molecular complexity index is 951. The van der Waals surface area contributed by atoms with Crippen LogP contribution in [0.3, 0.4) is 0 Å².